The highest BCUT2D eigenvalue weighted by molar-refractivity contribution is 7.89. The Kier molecular flexibility index (Phi) is 7.70. The Morgan fingerprint density at radius 1 is 1.10 bits per heavy atom. The third kappa shape index (κ3) is 4.86. The summed E-state index contributed by atoms with van der Waals surface area (Å²) in [6, 6.07) is 9.72. The van der Waals surface area contributed by atoms with Gasteiger partial charge in [-0.3, -0.25) is 14.9 Å². The summed E-state index contributed by atoms with van der Waals surface area (Å²) in [5.41, 5.74) is 0.280. The quantitative estimate of drug-likeness (QED) is 0.358. The van der Waals surface area contributed by atoms with Gasteiger partial charge in [-0.25, -0.2) is 8.42 Å². The minimum atomic E-state index is -3.88. The molecule has 0 unspecified atom stereocenters. The van der Waals surface area contributed by atoms with Crippen molar-refractivity contribution in [2.45, 2.75) is 57.8 Å². The molecule has 2 aliphatic rings. The van der Waals surface area contributed by atoms with Gasteiger partial charge in [-0.2, -0.15) is 4.31 Å². The SMILES string of the molecule is CCN(CC)S(=O)(=O)c1ccc(OC)c2c1C1(CCN(C(=O)C(C)(C)C)CC1)CN2c1ccccc1[N+](=O)[O-]. The summed E-state index contributed by atoms with van der Waals surface area (Å²) in [6.07, 6.45) is 1.04. The number of hydrogen-bond donors (Lipinski definition) is 0. The molecular formula is C28H38N4O6S. The first-order valence-corrected chi connectivity index (χ1v) is 14.8. The predicted molar refractivity (Wildman–Crippen MR) is 150 cm³/mol. The second kappa shape index (κ2) is 10.4. The number of likely N-dealkylation sites (tertiary alicyclic amines) is 1. The maximum atomic E-state index is 14.0. The van der Waals surface area contributed by atoms with Crippen molar-refractivity contribution >= 4 is 33.0 Å². The number of anilines is 2. The highest BCUT2D eigenvalue weighted by atomic mass is 32.2. The third-order valence-electron chi connectivity index (χ3n) is 7.93. The monoisotopic (exact) mass is 558 g/mol. The first-order chi connectivity index (χ1) is 18.3. The van der Waals surface area contributed by atoms with E-state index in [1.165, 1.54) is 17.5 Å². The molecule has 2 heterocycles. The summed E-state index contributed by atoms with van der Waals surface area (Å²) in [7, 11) is -2.36. The molecule has 4 rings (SSSR count). The number of hydrogen-bond acceptors (Lipinski definition) is 7. The third-order valence-corrected chi connectivity index (χ3v) is 10.0. The molecule has 1 amide bonds. The minimum Gasteiger partial charge on any atom is -0.495 e. The summed E-state index contributed by atoms with van der Waals surface area (Å²) in [6.45, 7) is 11.2. The maximum absolute atomic E-state index is 14.0. The zero-order valence-corrected chi connectivity index (χ0v) is 24.4. The molecule has 0 radical (unpaired) electrons. The van der Waals surface area contributed by atoms with Crippen LogP contribution in [0.4, 0.5) is 17.1 Å². The molecular weight excluding hydrogens is 520 g/mol. The smallest absolute Gasteiger partial charge is 0.292 e. The molecule has 2 aromatic rings. The van der Waals surface area contributed by atoms with E-state index < -0.39 is 25.8 Å². The molecule has 39 heavy (non-hydrogen) atoms. The van der Waals surface area contributed by atoms with E-state index in [4.69, 9.17) is 4.74 Å². The van der Waals surface area contributed by atoms with Crippen molar-refractivity contribution in [2.75, 3.05) is 44.7 Å². The highest BCUT2D eigenvalue weighted by Crippen LogP contribution is 2.56. The molecule has 0 N–H and O–H groups in total. The number of amides is 1. The first-order valence-electron chi connectivity index (χ1n) is 13.3. The van der Waals surface area contributed by atoms with Gasteiger partial charge >= 0.3 is 0 Å². The van der Waals surface area contributed by atoms with Crippen LogP contribution in [-0.4, -0.2) is 68.3 Å². The number of carbonyl (C=O) groups is 1. The van der Waals surface area contributed by atoms with Gasteiger partial charge in [0.05, 0.1) is 22.6 Å². The van der Waals surface area contributed by atoms with Crippen LogP contribution in [0.2, 0.25) is 0 Å². The van der Waals surface area contributed by atoms with Crippen LogP contribution in [0.5, 0.6) is 5.75 Å². The van der Waals surface area contributed by atoms with Crippen LogP contribution in [0.3, 0.4) is 0 Å². The van der Waals surface area contributed by atoms with Crippen molar-refractivity contribution in [3.05, 3.63) is 52.1 Å². The summed E-state index contributed by atoms with van der Waals surface area (Å²) < 4.78 is 35.2. The fraction of sp³-hybridized carbons (Fsp3) is 0.536. The van der Waals surface area contributed by atoms with Gasteiger partial charge in [-0.15, -0.1) is 0 Å². The van der Waals surface area contributed by atoms with Crippen LogP contribution in [0.15, 0.2) is 41.3 Å². The number of ether oxygens (including phenoxy) is 1. The van der Waals surface area contributed by atoms with Crippen LogP contribution in [0, 0.1) is 15.5 Å². The molecule has 1 spiro atoms. The van der Waals surface area contributed by atoms with Gasteiger partial charge in [0, 0.05) is 55.2 Å². The van der Waals surface area contributed by atoms with E-state index in [1.807, 2.05) is 30.6 Å². The Bertz CT molecular complexity index is 1370. The van der Waals surface area contributed by atoms with Gasteiger partial charge in [-0.1, -0.05) is 46.8 Å². The largest absolute Gasteiger partial charge is 0.495 e. The topological polar surface area (TPSA) is 113 Å². The zero-order chi connectivity index (χ0) is 28.8. The van der Waals surface area contributed by atoms with Gasteiger partial charge in [0.15, 0.2) is 0 Å². The number of nitrogens with zero attached hydrogens (tertiary/aromatic N) is 4. The van der Waals surface area contributed by atoms with Gasteiger partial charge in [0.2, 0.25) is 15.9 Å². The maximum Gasteiger partial charge on any atom is 0.292 e. The van der Waals surface area contributed by atoms with Crippen LogP contribution in [0.1, 0.15) is 53.0 Å². The molecule has 0 aliphatic carbocycles. The predicted octanol–water partition coefficient (Wildman–Crippen LogP) is 4.69. The Balaban J connectivity index is 1.96. The normalized spacial score (nSPS) is 17.0. The Morgan fingerprint density at radius 2 is 1.72 bits per heavy atom. The highest BCUT2D eigenvalue weighted by Gasteiger charge is 2.51. The van der Waals surface area contributed by atoms with Crippen molar-refractivity contribution in [2.24, 2.45) is 5.41 Å². The van der Waals surface area contributed by atoms with Gasteiger partial charge in [0.1, 0.15) is 11.4 Å². The van der Waals surface area contributed by atoms with Gasteiger partial charge < -0.3 is 14.5 Å². The number of carbonyl (C=O) groups excluding carboxylic acids is 1. The Morgan fingerprint density at radius 3 is 2.26 bits per heavy atom. The average Bonchev–Trinajstić information content (AvgIpc) is 3.22. The lowest BCUT2D eigenvalue weighted by Crippen LogP contribution is -2.50. The van der Waals surface area contributed by atoms with Crippen LogP contribution < -0.4 is 9.64 Å². The number of nitro groups is 1. The van der Waals surface area contributed by atoms with E-state index in [-0.39, 0.29) is 16.5 Å². The van der Waals surface area contributed by atoms with Crippen LogP contribution in [-0.2, 0) is 20.2 Å². The molecule has 0 saturated carbocycles. The summed E-state index contributed by atoms with van der Waals surface area (Å²) in [5.74, 6) is 0.500. The fourth-order valence-corrected chi connectivity index (χ4v) is 7.72. The molecule has 0 atom stereocenters. The van der Waals surface area contributed by atoms with E-state index in [0.717, 1.165) is 0 Å². The first kappa shape index (κ1) is 28.8. The Labute approximate surface area is 230 Å². The number of benzene rings is 2. The molecule has 212 valence electrons. The molecule has 10 nitrogen and oxygen atoms in total. The molecule has 0 bridgehead atoms. The number of sulfonamides is 1. The molecule has 2 aliphatic heterocycles. The molecule has 1 fully saturated rings. The van der Waals surface area contributed by atoms with Crippen molar-refractivity contribution in [3.8, 4) is 5.75 Å². The van der Waals surface area contributed by atoms with E-state index in [0.29, 0.717) is 68.3 Å². The lowest BCUT2D eigenvalue weighted by atomic mass is 9.73. The van der Waals surface area contributed by atoms with E-state index in [2.05, 4.69) is 0 Å². The van der Waals surface area contributed by atoms with E-state index in [1.54, 1.807) is 44.2 Å². The van der Waals surface area contributed by atoms with Gasteiger partial charge in [-0.05, 0) is 31.0 Å². The zero-order valence-electron chi connectivity index (χ0n) is 23.6. The summed E-state index contributed by atoms with van der Waals surface area (Å²) >= 11 is 0. The standard InChI is InChI=1S/C28H38N4O6S/c1-7-30(8-2)39(36,37)23-14-13-22(38-6)25-24(23)28(15-17-29(18-16-28)26(33)27(3,4)5)19-31(25)20-11-9-10-12-21(20)32(34)35/h9-14H,7-8,15-19H2,1-6H3. The second-order valence-corrected chi connectivity index (χ2v) is 13.1. The van der Waals surface area contributed by atoms with Crippen LogP contribution >= 0.6 is 0 Å². The number of fused-ring (bicyclic) bond motifs is 2. The minimum absolute atomic E-state index is 0.0488. The van der Waals surface area contributed by atoms with Crippen molar-refractivity contribution in [1.82, 2.24) is 9.21 Å². The van der Waals surface area contributed by atoms with Crippen molar-refractivity contribution < 1.29 is 22.9 Å². The number of rotatable bonds is 7. The lowest BCUT2D eigenvalue weighted by Gasteiger charge is -2.42. The molecule has 1 saturated heterocycles. The number of piperidine rings is 1. The van der Waals surface area contributed by atoms with E-state index >= 15 is 0 Å². The number of para-hydroxylation sites is 2. The van der Waals surface area contributed by atoms with E-state index in [9.17, 15) is 23.3 Å². The van der Waals surface area contributed by atoms with Gasteiger partial charge in [0.25, 0.3) is 5.69 Å². The fourth-order valence-electron chi connectivity index (χ4n) is 5.95. The van der Waals surface area contributed by atoms with Crippen molar-refractivity contribution in [1.29, 1.82) is 0 Å². The molecule has 2 aromatic carbocycles. The van der Waals surface area contributed by atoms with Crippen LogP contribution in [0.25, 0.3) is 0 Å². The van der Waals surface area contributed by atoms with Crippen molar-refractivity contribution in [3.63, 3.8) is 0 Å². The average molecular weight is 559 g/mol. The molecule has 11 heteroatoms. The second-order valence-electron chi connectivity index (χ2n) is 11.2. The number of methoxy groups -OCH3 is 1. The molecule has 0 aromatic heterocycles. The lowest BCUT2D eigenvalue weighted by molar-refractivity contribution is -0.384. The Hall–Kier alpha value is -3.18. The summed E-state index contributed by atoms with van der Waals surface area (Å²) in [4.78, 5) is 28.6. The number of nitro benzene ring substituents is 1. The summed E-state index contributed by atoms with van der Waals surface area (Å²) in [5, 5.41) is 12.0.